The Labute approximate surface area is 121 Å². The molecule has 0 saturated carbocycles. The molecule has 1 unspecified atom stereocenters. The first kappa shape index (κ1) is 14.3. The molecule has 21 heavy (non-hydrogen) atoms. The highest BCUT2D eigenvalue weighted by Crippen LogP contribution is 2.23. The van der Waals surface area contributed by atoms with Gasteiger partial charge in [0.05, 0.1) is 0 Å². The fourth-order valence-electron chi connectivity index (χ4n) is 1.50. The van der Waals surface area contributed by atoms with Crippen molar-refractivity contribution in [2.75, 3.05) is 0 Å². The summed E-state index contributed by atoms with van der Waals surface area (Å²) in [6.07, 6.45) is -0.703. The Hall–Kier alpha value is -3.07. The van der Waals surface area contributed by atoms with Crippen molar-refractivity contribution < 1.29 is 14.3 Å². The number of primary amides is 1. The molecular weight excluding hydrogens is 270 g/mol. The first-order chi connectivity index (χ1) is 10.1. The van der Waals surface area contributed by atoms with E-state index in [9.17, 15) is 4.79 Å². The highest BCUT2D eigenvalue weighted by atomic mass is 16.5. The zero-order valence-electron chi connectivity index (χ0n) is 11.3. The van der Waals surface area contributed by atoms with Crippen LogP contribution >= 0.6 is 0 Å². The number of carbonyl (C=O) groups excluding carboxylic acids is 1. The second kappa shape index (κ2) is 6.39. The Morgan fingerprint density at radius 3 is 2.52 bits per heavy atom. The van der Waals surface area contributed by atoms with E-state index in [2.05, 4.69) is 4.98 Å². The molecule has 0 saturated heterocycles. The van der Waals surface area contributed by atoms with Gasteiger partial charge in [-0.2, -0.15) is 5.26 Å². The Kier molecular flexibility index (Phi) is 4.36. The summed E-state index contributed by atoms with van der Waals surface area (Å²) in [5, 5.41) is 8.77. The monoisotopic (exact) mass is 283 g/mol. The molecule has 6 nitrogen and oxygen atoms in total. The van der Waals surface area contributed by atoms with Crippen molar-refractivity contribution in [3.63, 3.8) is 0 Å². The van der Waals surface area contributed by atoms with E-state index < -0.39 is 12.0 Å². The van der Waals surface area contributed by atoms with Gasteiger partial charge in [0.1, 0.15) is 23.3 Å². The molecule has 0 fully saturated rings. The molecule has 0 aliphatic carbocycles. The molecule has 1 aromatic heterocycles. The average molecular weight is 283 g/mol. The summed E-state index contributed by atoms with van der Waals surface area (Å²) < 4.78 is 10.8. The maximum atomic E-state index is 10.9. The SMILES string of the molecule is CC(Oc1ccc(Oc2cccc(C#N)n2)cc1)C(N)=O. The van der Waals surface area contributed by atoms with Crippen LogP contribution in [0.25, 0.3) is 0 Å². The molecule has 0 aliphatic heterocycles. The first-order valence-electron chi connectivity index (χ1n) is 6.19. The third kappa shape index (κ3) is 3.94. The molecule has 2 rings (SSSR count). The van der Waals surface area contributed by atoms with Gasteiger partial charge >= 0.3 is 0 Å². The molecule has 0 radical (unpaired) electrons. The molecule has 106 valence electrons. The fraction of sp³-hybridized carbons (Fsp3) is 0.133. The molecule has 0 aliphatic rings. The number of rotatable bonds is 5. The molecule has 1 amide bonds. The highest BCUT2D eigenvalue weighted by molar-refractivity contribution is 5.78. The number of nitrogens with two attached hydrogens (primary N) is 1. The van der Waals surface area contributed by atoms with Gasteiger partial charge in [-0.1, -0.05) is 6.07 Å². The zero-order chi connectivity index (χ0) is 15.2. The van der Waals surface area contributed by atoms with Crippen LogP contribution in [0, 0.1) is 11.3 Å². The summed E-state index contributed by atoms with van der Waals surface area (Å²) in [7, 11) is 0. The number of hydrogen-bond donors (Lipinski definition) is 1. The van der Waals surface area contributed by atoms with E-state index >= 15 is 0 Å². The lowest BCUT2D eigenvalue weighted by molar-refractivity contribution is -0.123. The van der Waals surface area contributed by atoms with Crippen molar-refractivity contribution in [3.05, 3.63) is 48.2 Å². The van der Waals surface area contributed by atoms with Gasteiger partial charge in [0.25, 0.3) is 5.91 Å². The Bertz CT molecular complexity index is 677. The van der Waals surface area contributed by atoms with Crippen LogP contribution in [0.5, 0.6) is 17.4 Å². The number of nitriles is 1. The Morgan fingerprint density at radius 1 is 1.24 bits per heavy atom. The predicted octanol–water partition coefficient (Wildman–Crippen LogP) is 2.00. The molecule has 1 atom stereocenters. The molecular formula is C15H13N3O3. The van der Waals surface area contributed by atoms with Gasteiger partial charge in [0.2, 0.25) is 5.88 Å². The van der Waals surface area contributed by atoms with Crippen molar-refractivity contribution in [2.24, 2.45) is 5.73 Å². The number of benzene rings is 1. The maximum Gasteiger partial charge on any atom is 0.258 e. The maximum absolute atomic E-state index is 10.9. The van der Waals surface area contributed by atoms with Crippen LogP contribution in [0.15, 0.2) is 42.5 Å². The third-order valence-corrected chi connectivity index (χ3v) is 2.60. The molecule has 2 aromatic rings. The van der Waals surface area contributed by atoms with E-state index in [1.165, 1.54) is 0 Å². The van der Waals surface area contributed by atoms with Crippen molar-refractivity contribution in [2.45, 2.75) is 13.0 Å². The number of pyridine rings is 1. The number of ether oxygens (including phenoxy) is 2. The van der Waals surface area contributed by atoms with Crippen LogP contribution in [-0.4, -0.2) is 17.0 Å². The highest BCUT2D eigenvalue weighted by Gasteiger charge is 2.10. The van der Waals surface area contributed by atoms with Crippen molar-refractivity contribution >= 4 is 5.91 Å². The minimum Gasteiger partial charge on any atom is -0.481 e. The largest absolute Gasteiger partial charge is 0.481 e. The minimum atomic E-state index is -0.703. The quantitative estimate of drug-likeness (QED) is 0.904. The summed E-state index contributed by atoms with van der Waals surface area (Å²) in [5.74, 6) is 0.838. The normalized spacial score (nSPS) is 11.2. The van der Waals surface area contributed by atoms with Gasteiger partial charge in [-0.05, 0) is 37.3 Å². The Balaban J connectivity index is 2.05. The number of carbonyl (C=O) groups is 1. The van der Waals surface area contributed by atoms with Gasteiger partial charge in [-0.25, -0.2) is 4.98 Å². The van der Waals surface area contributed by atoms with Crippen LogP contribution in [0.2, 0.25) is 0 Å². The van der Waals surface area contributed by atoms with Gasteiger partial charge in [0.15, 0.2) is 6.10 Å². The predicted molar refractivity (Wildman–Crippen MR) is 74.8 cm³/mol. The van der Waals surface area contributed by atoms with E-state index in [1.54, 1.807) is 49.4 Å². The number of hydrogen-bond acceptors (Lipinski definition) is 5. The molecule has 0 bridgehead atoms. The minimum absolute atomic E-state index is 0.280. The summed E-state index contributed by atoms with van der Waals surface area (Å²) in [4.78, 5) is 14.9. The molecule has 6 heteroatoms. The summed E-state index contributed by atoms with van der Waals surface area (Å²) >= 11 is 0. The zero-order valence-corrected chi connectivity index (χ0v) is 11.3. The number of aromatic nitrogens is 1. The molecule has 1 heterocycles. The van der Waals surface area contributed by atoms with Gasteiger partial charge in [-0.15, -0.1) is 0 Å². The van der Waals surface area contributed by atoms with E-state index in [-0.39, 0.29) is 5.69 Å². The van der Waals surface area contributed by atoms with Crippen LogP contribution < -0.4 is 15.2 Å². The summed E-state index contributed by atoms with van der Waals surface area (Å²) in [6, 6.07) is 13.5. The topological polar surface area (TPSA) is 98.2 Å². The standard InChI is InChI=1S/C15H13N3O3/c1-10(15(17)19)20-12-5-7-13(8-6-12)21-14-4-2-3-11(9-16)18-14/h2-8,10H,1H3,(H2,17,19). The van der Waals surface area contributed by atoms with Crippen LogP contribution in [0.3, 0.4) is 0 Å². The molecule has 0 spiro atoms. The van der Waals surface area contributed by atoms with E-state index in [1.807, 2.05) is 6.07 Å². The van der Waals surface area contributed by atoms with Gasteiger partial charge < -0.3 is 15.2 Å². The van der Waals surface area contributed by atoms with Crippen molar-refractivity contribution in [1.29, 1.82) is 5.26 Å². The van der Waals surface area contributed by atoms with Crippen molar-refractivity contribution in [3.8, 4) is 23.4 Å². The lowest BCUT2D eigenvalue weighted by atomic mass is 10.3. The van der Waals surface area contributed by atoms with Gasteiger partial charge in [0, 0.05) is 6.07 Å². The van der Waals surface area contributed by atoms with E-state index in [4.69, 9.17) is 20.5 Å². The van der Waals surface area contributed by atoms with E-state index in [0.717, 1.165) is 0 Å². The molecule has 1 aromatic carbocycles. The fourth-order valence-corrected chi connectivity index (χ4v) is 1.50. The molecule has 2 N–H and O–H groups in total. The summed E-state index contributed by atoms with van der Waals surface area (Å²) in [6.45, 7) is 1.57. The second-order valence-electron chi connectivity index (χ2n) is 4.21. The van der Waals surface area contributed by atoms with Crippen LogP contribution in [-0.2, 0) is 4.79 Å². The summed E-state index contributed by atoms with van der Waals surface area (Å²) in [5.41, 5.74) is 5.40. The third-order valence-electron chi connectivity index (χ3n) is 2.60. The Morgan fingerprint density at radius 2 is 1.90 bits per heavy atom. The van der Waals surface area contributed by atoms with Crippen molar-refractivity contribution in [1.82, 2.24) is 4.98 Å². The lowest BCUT2D eigenvalue weighted by Crippen LogP contribution is -2.30. The van der Waals surface area contributed by atoms with Gasteiger partial charge in [-0.3, -0.25) is 4.79 Å². The van der Waals surface area contributed by atoms with Crippen LogP contribution in [0.1, 0.15) is 12.6 Å². The lowest BCUT2D eigenvalue weighted by Gasteiger charge is -2.11. The average Bonchev–Trinajstić information content (AvgIpc) is 2.49. The first-order valence-corrected chi connectivity index (χ1v) is 6.19. The van der Waals surface area contributed by atoms with Crippen LogP contribution in [0.4, 0.5) is 0 Å². The van der Waals surface area contributed by atoms with E-state index in [0.29, 0.717) is 17.4 Å². The number of nitrogens with zero attached hydrogens (tertiary/aromatic N) is 2. The smallest absolute Gasteiger partial charge is 0.258 e. The second-order valence-corrected chi connectivity index (χ2v) is 4.21. The number of amides is 1.